The summed E-state index contributed by atoms with van der Waals surface area (Å²) in [7, 11) is 1.95. The second-order valence-electron chi connectivity index (χ2n) is 5.64. The van der Waals surface area contributed by atoms with Gasteiger partial charge in [-0.05, 0) is 38.1 Å². The maximum Gasteiger partial charge on any atom is 0.255 e. The van der Waals surface area contributed by atoms with Crippen molar-refractivity contribution in [3.63, 3.8) is 0 Å². The number of imidazole rings is 1. The predicted molar refractivity (Wildman–Crippen MR) is 90.5 cm³/mol. The SMILES string of the molecule is Cc1nc2cc(C(=O)Nc3ccccc3C(C)O)ccc2n1C. The summed E-state index contributed by atoms with van der Waals surface area (Å²) in [4.78, 5) is 16.9. The fourth-order valence-electron chi connectivity index (χ4n) is 2.63. The summed E-state index contributed by atoms with van der Waals surface area (Å²) in [6.07, 6.45) is -0.646. The normalized spacial score (nSPS) is 12.3. The standard InChI is InChI=1S/C18H19N3O2/c1-11(22)14-6-4-5-7-15(14)20-18(23)13-8-9-17-16(10-13)19-12(2)21(17)3/h4-11,22H,1-3H3,(H,20,23). The van der Waals surface area contributed by atoms with Gasteiger partial charge in [0.1, 0.15) is 5.82 Å². The first-order valence-electron chi connectivity index (χ1n) is 7.49. The van der Waals surface area contributed by atoms with Gasteiger partial charge in [0.2, 0.25) is 0 Å². The first-order valence-corrected chi connectivity index (χ1v) is 7.49. The maximum atomic E-state index is 12.5. The minimum atomic E-state index is -0.646. The van der Waals surface area contributed by atoms with Crippen molar-refractivity contribution in [1.82, 2.24) is 9.55 Å². The minimum Gasteiger partial charge on any atom is -0.389 e. The van der Waals surface area contributed by atoms with Gasteiger partial charge in [-0.25, -0.2) is 4.98 Å². The van der Waals surface area contributed by atoms with Gasteiger partial charge < -0.3 is 15.0 Å². The molecule has 0 radical (unpaired) electrons. The molecule has 3 aromatic rings. The predicted octanol–water partition coefficient (Wildman–Crippen LogP) is 3.19. The van der Waals surface area contributed by atoms with Gasteiger partial charge in [0.05, 0.1) is 17.1 Å². The second-order valence-corrected chi connectivity index (χ2v) is 5.64. The number of aliphatic hydroxyl groups is 1. The van der Waals surface area contributed by atoms with Crippen LogP contribution in [0.15, 0.2) is 42.5 Å². The summed E-state index contributed by atoms with van der Waals surface area (Å²) in [6.45, 7) is 3.60. The number of carbonyl (C=O) groups is 1. The number of aliphatic hydroxyl groups excluding tert-OH is 1. The van der Waals surface area contributed by atoms with E-state index in [0.717, 1.165) is 16.9 Å². The van der Waals surface area contributed by atoms with Crippen LogP contribution < -0.4 is 5.32 Å². The number of amides is 1. The molecule has 1 heterocycles. The van der Waals surface area contributed by atoms with Gasteiger partial charge in [-0.15, -0.1) is 0 Å². The van der Waals surface area contributed by atoms with E-state index in [4.69, 9.17) is 0 Å². The fraction of sp³-hybridized carbons (Fsp3) is 0.222. The molecule has 3 rings (SSSR count). The molecular weight excluding hydrogens is 290 g/mol. The molecule has 0 fully saturated rings. The first-order chi connectivity index (χ1) is 11.0. The molecule has 0 saturated carbocycles. The van der Waals surface area contributed by atoms with Crippen LogP contribution in [0, 0.1) is 6.92 Å². The number of fused-ring (bicyclic) bond motifs is 1. The molecule has 2 N–H and O–H groups in total. The largest absolute Gasteiger partial charge is 0.389 e. The number of aryl methyl sites for hydroxylation is 2. The molecule has 5 heteroatoms. The van der Waals surface area contributed by atoms with Crippen LogP contribution in [-0.2, 0) is 7.05 Å². The molecule has 1 amide bonds. The Bertz CT molecular complexity index is 881. The second kappa shape index (κ2) is 5.85. The molecule has 0 aliphatic heterocycles. The van der Waals surface area contributed by atoms with E-state index in [9.17, 15) is 9.90 Å². The van der Waals surface area contributed by atoms with Gasteiger partial charge in [0.15, 0.2) is 0 Å². The molecule has 0 bridgehead atoms. The van der Waals surface area contributed by atoms with Crippen molar-refractivity contribution in [2.24, 2.45) is 7.05 Å². The molecule has 2 aromatic carbocycles. The van der Waals surface area contributed by atoms with Crippen molar-refractivity contribution in [3.8, 4) is 0 Å². The Morgan fingerprint density at radius 1 is 1.26 bits per heavy atom. The Kier molecular flexibility index (Phi) is 3.88. The molecule has 23 heavy (non-hydrogen) atoms. The van der Waals surface area contributed by atoms with Gasteiger partial charge in [-0.3, -0.25) is 4.79 Å². The molecule has 118 valence electrons. The van der Waals surface area contributed by atoms with E-state index in [0.29, 0.717) is 16.8 Å². The van der Waals surface area contributed by atoms with E-state index in [1.165, 1.54) is 0 Å². The number of para-hydroxylation sites is 1. The van der Waals surface area contributed by atoms with Crippen molar-refractivity contribution in [3.05, 3.63) is 59.4 Å². The van der Waals surface area contributed by atoms with E-state index in [1.54, 1.807) is 31.2 Å². The number of aromatic nitrogens is 2. The van der Waals surface area contributed by atoms with Crippen LogP contribution in [0.5, 0.6) is 0 Å². The molecule has 0 spiro atoms. The van der Waals surface area contributed by atoms with Crippen LogP contribution >= 0.6 is 0 Å². The first kappa shape index (κ1) is 15.2. The number of nitrogens with one attached hydrogen (secondary N) is 1. The highest BCUT2D eigenvalue weighted by molar-refractivity contribution is 6.06. The third-order valence-corrected chi connectivity index (χ3v) is 4.03. The number of nitrogens with zero attached hydrogens (tertiary/aromatic N) is 2. The van der Waals surface area contributed by atoms with Crippen LogP contribution in [0.1, 0.15) is 34.8 Å². The van der Waals surface area contributed by atoms with Crippen LogP contribution in [-0.4, -0.2) is 20.6 Å². The van der Waals surface area contributed by atoms with E-state index in [1.807, 2.05) is 36.7 Å². The number of benzene rings is 2. The van der Waals surface area contributed by atoms with Gasteiger partial charge in [-0.1, -0.05) is 18.2 Å². The maximum absolute atomic E-state index is 12.5. The van der Waals surface area contributed by atoms with Crippen LogP contribution in [0.4, 0.5) is 5.69 Å². The smallest absolute Gasteiger partial charge is 0.255 e. The zero-order chi connectivity index (χ0) is 16.6. The Hall–Kier alpha value is -2.66. The highest BCUT2D eigenvalue weighted by atomic mass is 16.3. The molecule has 0 aliphatic rings. The van der Waals surface area contributed by atoms with Gasteiger partial charge in [-0.2, -0.15) is 0 Å². The number of hydrogen-bond acceptors (Lipinski definition) is 3. The number of rotatable bonds is 3. The third kappa shape index (κ3) is 2.83. The zero-order valence-corrected chi connectivity index (χ0v) is 13.4. The summed E-state index contributed by atoms with van der Waals surface area (Å²) in [5, 5.41) is 12.7. The lowest BCUT2D eigenvalue weighted by Gasteiger charge is -2.13. The van der Waals surface area contributed by atoms with Crippen LogP contribution in [0.3, 0.4) is 0 Å². The molecule has 1 aromatic heterocycles. The average Bonchev–Trinajstić information content (AvgIpc) is 2.82. The summed E-state index contributed by atoms with van der Waals surface area (Å²) in [5.41, 5.74) is 3.63. The number of anilines is 1. The lowest BCUT2D eigenvalue weighted by molar-refractivity contribution is 0.102. The number of carbonyl (C=O) groups excluding carboxylic acids is 1. The molecular formula is C18H19N3O2. The third-order valence-electron chi connectivity index (χ3n) is 4.03. The Morgan fingerprint density at radius 3 is 2.74 bits per heavy atom. The molecule has 0 saturated heterocycles. The highest BCUT2D eigenvalue weighted by Gasteiger charge is 2.13. The summed E-state index contributed by atoms with van der Waals surface area (Å²) in [5.74, 6) is 0.681. The van der Waals surface area contributed by atoms with E-state index in [2.05, 4.69) is 10.3 Å². The molecule has 0 aliphatic carbocycles. The highest BCUT2D eigenvalue weighted by Crippen LogP contribution is 2.23. The topological polar surface area (TPSA) is 67.2 Å². The van der Waals surface area contributed by atoms with Crippen molar-refractivity contribution in [2.75, 3.05) is 5.32 Å². The Morgan fingerprint density at radius 2 is 2.00 bits per heavy atom. The number of hydrogen-bond donors (Lipinski definition) is 2. The van der Waals surface area contributed by atoms with E-state index < -0.39 is 6.10 Å². The molecule has 5 nitrogen and oxygen atoms in total. The lowest BCUT2D eigenvalue weighted by Crippen LogP contribution is -2.14. The molecule has 1 atom stereocenters. The summed E-state index contributed by atoms with van der Waals surface area (Å²) < 4.78 is 1.99. The van der Waals surface area contributed by atoms with Crippen LogP contribution in [0.2, 0.25) is 0 Å². The summed E-state index contributed by atoms with van der Waals surface area (Å²) >= 11 is 0. The fourth-order valence-corrected chi connectivity index (χ4v) is 2.63. The monoisotopic (exact) mass is 309 g/mol. The van der Waals surface area contributed by atoms with Crippen LogP contribution in [0.25, 0.3) is 11.0 Å². The molecule has 1 unspecified atom stereocenters. The zero-order valence-electron chi connectivity index (χ0n) is 13.4. The van der Waals surface area contributed by atoms with Crippen molar-refractivity contribution in [1.29, 1.82) is 0 Å². The van der Waals surface area contributed by atoms with Gasteiger partial charge in [0, 0.05) is 23.9 Å². The van der Waals surface area contributed by atoms with E-state index in [-0.39, 0.29) is 5.91 Å². The van der Waals surface area contributed by atoms with Crippen molar-refractivity contribution < 1.29 is 9.90 Å². The summed E-state index contributed by atoms with van der Waals surface area (Å²) in [6, 6.07) is 12.7. The average molecular weight is 309 g/mol. The van der Waals surface area contributed by atoms with Gasteiger partial charge in [0.25, 0.3) is 5.91 Å². The van der Waals surface area contributed by atoms with Crippen molar-refractivity contribution >= 4 is 22.6 Å². The van der Waals surface area contributed by atoms with Crippen molar-refractivity contribution in [2.45, 2.75) is 20.0 Å². The minimum absolute atomic E-state index is 0.219. The lowest BCUT2D eigenvalue weighted by atomic mass is 10.1. The Balaban J connectivity index is 1.92. The quantitative estimate of drug-likeness (QED) is 0.781. The van der Waals surface area contributed by atoms with E-state index >= 15 is 0 Å². The van der Waals surface area contributed by atoms with Gasteiger partial charge >= 0.3 is 0 Å². The Labute approximate surface area is 134 Å².